The van der Waals surface area contributed by atoms with E-state index in [1.807, 2.05) is 0 Å². The van der Waals surface area contributed by atoms with Crippen molar-refractivity contribution in [2.75, 3.05) is 0 Å². The van der Waals surface area contributed by atoms with Gasteiger partial charge in [0.1, 0.15) is 0 Å². The molecule has 0 saturated carbocycles. The zero-order valence-corrected chi connectivity index (χ0v) is 6.41. The van der Waals surface area contributed by atoms with Crippen LogP contribution in [0.15, 0.2) is 0 Å². The standard InChI is InChI=1S/CH4.2Al.O.4H/h1H4;;;;;;;. The highest BCUT2D eigenvalue weighted by molar-refractivity contribution is 6.15. The largest absolute Gasteiger partial charge is 0.647 e. The van der Waals surface area contributed by atoms with E-state index in [2.05, 4.69) is 2.84 Å². The maximum atomic E-state index is 4.53. The molecule has 0 saturated heterocycles. The van der Waals surface area contributed by atoms with Crippen molar-refractivity contribution in [1.29, 1.82) is 0 Å². The molecule has 0 atom stereocenters. The molecule has 0 aliphatic carbocycles. The molecule has 24 valence electrons. The SMILES string of the molecule is C.[AlH2][O][AlH2]. The van der Waals surface area contributed by atoms with Gasteiger partial charge in [-0.2, -0.15) is 0 Å². The summed E-state index contributed by atoms with van der Waals surface area (Å²) >= 11 is 1.86. The van der Waals surface area contributed by atoms with Crippen molar-refractivity contribution < 1.29 is 2.84 Å². The third kappa shape index (κ3) is 11.8. The predicted octanol–water partition coefficient (Wildman–Crippen LogP) is -1.26. The summed E-state index contributed by atoms with van der Waals surface area (Å²) in [7, 11) is 0. The maximum Gasteiger partial charge on any atom is 0.379 e. The molecule has 0 heterocycles. The number of hydrogen-bond donors (Lipinski definition) is 0. The van der Waals surface area contributed by atoms with E-state index < -0.39 is 0 Å². The van der Waals surface area contributed by atoms with Crippen LogP contribution in [0.2, 0.25) is 0 Å². The molecule has 3 heteroatoms. The first-order chi connectivity index (χ1) is 1.41. The molecule has 0 aliphatic rings. The Bertz CT molecular complexity index is 6.00. The van der Waals surface area contributed by atoms with Gasteiger partial charge in [0, 0.05) is 0 Å². The van der Waals surface area contributed by atoms with Gasteiger partial charge in [0.2, 0.25) is 0 Å². The average Bonchev–Trinajstić information content (AvgIpc) is 0.918. The van der Waals surface area contributed by atoms with Gasteiger partial charge in [-0.25, -0.2) is 0 Å². The Morgan fingerprint density at radius 1 is 1.25 bits per heavy atom. The first-order valence-electron chi connectivity index (χ1n) is 0.816. The van der Waals surface area contributed by atoms with Crippen LogP contribution in [-0.4, -0.2) is 33.2 Å². The molecule has 0 fully saturated rings. The molecule has 0 aromatic heterocycles. The van der Waals surface area contributed by atoms with Crippen LogP contribution >= 0.6 is 0 Å². The predicted molar refractivity (Wildman–Crippen MR) is 24.9 cm³/mol. The molecule has 0 aliphatic heterocycles. The summed E-state index contributed by atoms with van der Waals surface area (Å²) in [6.45, 7) is 0. The van der Waals surface area contributed by atoms with E-state index in [0.29, 0.717) is 0 Å². The van der Waals surface area contributed by atoms with Gasteiger partial charge in [-0.3, -0.25) is 0 Å². The van der Waals surface area contributed by atoms with Crippen LogP contribution in [0.5, 0.6) is 0 Å². The van der Waals surface area contributed by atoms with E-state index in [4.69, 9.17) is 0 Å². The van der Waals surface area contributed by atoms with Crippen LogP contribution < -0.4 is 0 Å². The molecule has 0 spiro atoms. The lowest BCUT2D eigenvalue weighted by molar-refractivity contribution is 0.690. The van der Waals surface area contributed by atoms with Gasteiger partial charge in [-0.05, 0) is 0 Å². The van der Waals surface area contributed by atoms with Crippen LogP contribution in [0.1, 0.15) is 7.43 Å². The number of hydrogen-bond acceptors (Lipinski definition) is 1. The van der Waals surface area contributed by atoms with Crippen molar-refractivity contribution in [3.8, 4) is 0 Å². The van der Waals surface area contributed by atoms with Gasteiger partial charge in [-0.15, -0.1) is 0 Å². The quantitative estimate of drug-likeness (QED) is 0.337. The Morgan fingerprint density at radius 2 is 1.25 bits per heavy atom. The van der Waals surface area contributed by atoms with Crippen molar-refractivity contribution in [3.63, 3.8) is 0 Å². The second-order valence-corrected chi connectivity index (χ2v) is 3.67. The second kappa shape index (κ2) is 8.98. The summed E-state index contributed by atoms with van der Waals surface area (Å²) < 4.78 is 4.53. The first-order valence-corrected chi connectivity index (χ1v) is 2.45. The molecule has 0 aromatic rings. The van der Waals surface area contributed by atoms with Gasteiger partial charge >= 0.3 is 33.2 Å². The third-order valence-electron chi connectivity index (χ3n) is 0. The molecule has 0 rings (SSSR count). The molecule has 1 nitrogen and oxygen atoms in total. The molecule has 4 heavy (non-hydrogen) atoms. The average molecular weight is 90.0 g/mol. The molecule has 0 aromatic carbocycles. The first kappa shape index (κ1) is 8.90. The molecule has 0 N–H and O–H groups in total. The van der Waals surface area contributed by atoms with E-state index in [1.165, 1.54) is 0 Å². The minimum Gasteiger partial charge on any atom is -0.647 e. The van der Waals surface area contributed by atoms with Crippen molar-refractivity contribution in [2.24, 2.45) is 0 Å². The second-order valence-electron chi connectivity index (χ2n) is 0.408. The molecule has 0 amide bonds. The zero-order chi connectivity index (χ0) is 2.71. The smallest absolute Gasteiger partial charge is 0.379 e. The van der Waals surface area contributed by atoms with Gasteiger partial charge in [0.25, 0.3) is 0 Å². The molecular formula is CH8Al2O. The van der Waals surface area contributed by atoms with Gasteiger partial charge in [0.05, 0.1) is 0 Å². The van der Waals surface area contributed by atoms with Crippen molar-refractivity contribution in [3.05, 3.63) is 0 Å². The molecule has 0 bridgehead atoms. The minimum atomic E-state index is 0. The Balaban J connectivity index is 0. The Morgan fingerprint density at radius 3 is 1.25 bits per heavy atom. The summed E-state index contributed by atoms with van der Waals surface area (Å²) in [4.78, 5) is 0. The van der Waals surface area contributed by atoms with Crippen LogP contribution in [0.25, 0.3) is 0 Å². The Labute approximate surface area is 43.9 Å². The summed E-state index contributed by atoms with van der Waals surface area (Å²) in [6, 6.07) is 0. The topological polar surface area (TPSA) is 9.23 Å². The lowest BCUT2D eigenvalue weighted by atomic mass is 12.0. The fourth-order valence-corrected chi connectivity index (χ4v) is 0. The van der Waals surface area contributed by atoms with E-state index >= 15 is 0 Å². The highest BCUT2D eigenvalue weighted by Gasteiger charge is 1.37. The van der Waals surface area contributed by atoms with Gasteiger partial charge < -0.3 is 2.84 Å². The Hall–Kier alpha value is 1.02. The Kier molecular flexibility index (Phi) is 20.0. The highest BCUT2D eigenvalue weighted by Crippen LogP contribution is 1.20. The molecular weight excluding hydrogens is 82.0 g/mol. The monoisotopic (exact) mass is 90.0 g/mol. The highest BCUT2D eigenvalue weighted by atomic mass is 27.2. The summed E-state index contributed by atoms with van der Waals surface area (Å²) in [5.41, 5.74) is 0. The lowest BCUT2D eigenvalue weighted by Gasteiger charge is -1.64. The lowest BCUT2D eigenvalue weighted by Crippen LogP contribution is -1.65. The fourth-order valence-electron chi connectivity index (χ4n) is 0. The third-order valence-corrected chi connectivity index (χ3v) is 0. The minimum absolute atomic E-state index is 0. The van der Waals surface area contributed by atoms with E-state index in [-0.39, 0.29) is 7.43 Å². The van der Waals surface area contributed by atoms with E-state index in [0.717, 1.165) is 33.2 Å². The fraction of sp³-hybridized carbons (Fsp3) is 1.00. The normalized spacial score (nSPS) is 4.00. The van der Waals surface area contributed by atoms with Crippen molar-refractivity contribution in [2.45, 2.75) is 7.43 Å². The van der Waals surface area contributed by atoms with E-state index in [9.17, 15) is 0 Å². The summed E-state index contributed by atoms with van der Waals surface area (Å²) in [5, 5.41) is 0. The zero-order valence-electron chi connectivity index (χ0n) is 2.41. The van der Waals surface area contributed by atoms with Crippen LogP contribution in [0.4, 0.5) is 0 Å². The van der Waals surface area contributed by atoms with Crippen LogP contribution in [0, 0.1) is 0 Å². The maximum absolute atomic E-state index is 4.53. The van der Waals surface area contributed by atoms with Crippen LogP contribution in [-0.2, 0) is 2.84 Å². The summed E-state index contributed by atoms with van der Waals surface area (Å²) in [6.07, 6.45) is 0. The van der Waals surface area contributed by atoms with E-state index in [1.54, 1.807) is 0 Å². The molecule has 0 unspecified atom stereocenters. The van der Waals surface area contributed by atoms with Crippen LogP contribution in [0.3, 0.4) is 0 Å². The summed E-state index contributed by atoms with van der Waals surface area (Å²) in [5.74, 6) is 0. The molecule has 0 radical (unpaired) electrons. The van der Waals surface area contributed by atoms with Gasteiger partial charge in [0.15, 0.2) is 0 Å². The van der Waals surface area contributed by atoms with Gasteiger partial charge in [-0.1, -0.05) is 7.43 Å². The van der Waals surface area contributed by atoms with Crippen molar-refractivity contribution >= 4 is 33.2 Å². The van der Waals surface area contributed by atoms with Crippen molar-refractivity contribution in [1.82, 2.24) is 0 Å². The number of rotatable bonds is 0.